The zero-order valence-electron chi connectivity index (χ0n) is 7.53. The van der Waals surface area contributed by atoms with E-state index in [9.17, 15) is 4.79 Å². The molecule has 0 radical (unpaired) electrons. The quantitative estimate of drug-likeness (QED) is 0.575. The average Bonchev–Trinajstić information content (AvgIpc) is 2.49. The number of hydrogen-bond donors (Lipinski definition) is 1. The van der Waals surface area contributed by atoms with Crippen molar-refractivity contribution in [3.63, 3.8) is 0 Å². The van der Waals surface area contributed by atoms with Gasteiger partial charge in [-0.2, -0.15) is 0 Å². The third-order valence-corrected chi connectivity index (χ3v) is 2.02. The minimum Gasteiger partial charge on any atom is -0.465 e. The minimum atomic E-state index is -0.241. The van der Waals surface area contributed by atoms with Gasteiger partial charge in [0, 0.05) is 0 Å². The molecule has 0 atom stereocenters. The Hall–Kier alpha value is -1.04. The molecule has 0 aliphatic carbocycles. The molecule has 0 fully saturated rings. The van der Waals surface area contributed by atoms with Gasteiger partial charge in [-0.1, -0.05) is 11.8 Å². The predicted molar refractivity (Wildman–Crippen MR) is 48.5 cm³/mol. The second kappa shape index (κ2) is 4.86. The summed E-state index contributed by atoms with van der Waals surface area (Å²) in [5.41, 5.74) is 0. The predicted octanol–water partition coefficient (Wildman–Crippen LogP) is 0.768. The summed E-state index contributed by atoms with van der Waals surface area (Å²) >= 11 is 1.26. The molecule has 1 rings (SSSR count). The van der Waals surface area contributed by atoms with Crippen molar-refractivity contribution in [1.29, 1.82) is 0 Å². The van der Waals surface area contributed by atoms with Gasteiger partial charge in [0.05, 0.1) is 12.4 Å². The van der Waals surface area contributed by atoms with Crippen LogP contribution in [0.2, 0.25) is 0 Å². The van der Waals surface area contributed by atoms with E-state index in [-0.39, 0.29) is 11.7 Å². The van der Waals surface area contributed by atoms with E-state index in [0.717, 1.165) is 5.82 Å². The maximum atomic E-state index is 10.9. The smallest absolute Gasteiger partial charge is 0.316 e. The summed E-state index contributed by atoms with van der Waals surface area (Å²) in [6.45, 7) is 3.99. The first-order valence-electron chi connectivity index (χ1n) is 3.89. The van der Waals surface area contributed by atoms with E-state index >= 15 is 0 Å². The van der Waals surface area contributed by atoms with E-state index < -0.39 is 0 Å². The number of nitrogens with one attached hydrogen (secondary N) is 1. The summed E-state index contributed by atoms with van der Waals surface area (Å²) in [6, 6.07) is 0. The maximum Gasteiger partial charge on any atom is 0.316 e. The summed E-state index contributed by atoms with van der Waals surface area (Å²) in [4.78, 5) is 14.9. The molecule has 1 aromatic rings. The number of ether oxygens (including phenoxy) is 1. The Morgan fingerprint density at radius 1 is 1.69 bits per heavy atom. The summed E-state index contributed by atoms with van der Waals surface area (Å²) in [6.07, 6.45) is 0. The second-order valence-corrected chi connectivity index (χ2v) is 3.24. The van der Waals surface area contributed by atoms with Crippen LogP contribution in [0.1, 0.15) is 12.7 Å². The van der Waals surface area contributed by atoms with Crippen LogP contribution in [0.25, 0.3) is 0 Å². The molecule has 72 valence electrons. The van der Waals surface area contributed by atoms with Crippen molar-refractivity contribution in [2.45, 2.75) is 19.0 Å². The largest absolute Gasteiger partial charge is 0.465 e. The summed E-state index contributed by atoms with van der Waals surface area (Å²) in [5.74, 6) is 0.756. The first-order chi connectivity index (χ1) is 6.22. The molecule has 0 spiro atoms. The molecular formula is C7H11N3O2S. The minimum absolute atomic E-state index is 0.241. The lowest BCUT2D eigenvalue weighted by atomic mass is 10.8. The first-order valence-corrected chi connectivity index (χ1v) is 4.88. The highest BCUT2D eigenvalue weighted by Crippen LogP contribution is 2.11. The van der Waals surface area contributed by atoms with Crippen molar-refractivity contribution >= 4 is 17.7 Å². The second-order valence-electron chi connectivity index (χ2n) is 2.30. The molecule has 0 aliphatic rings. The lowest BCUT2D eigenvalue weighted by molar-refractivity contribution is -0.139. The number of aromatic amines is 1. The van der Waals surface area contributed by atoms with Crippen molar-refractivity contribution < 1.29 is 9.53 Å². The van der Waals surface area contributed by atoms with Crippen LogP contribution in [0.3, 0.4) is 0 Å². The molecule has 0 saturated carbocycles. The fourth-order valence-corrected chi connectivity index (χ4v) is 1.35. The van der Waals surface area contributed by atoms with E-state index in [1.54, 1.807) is 13.8 Å². The Kier molecular flexibility index (Phi) is 3.75. The van der Waals surface area contributed by atoms with Gasteiger partial charge in [0.15, 0.2) is 0 Å². The number of rotatable bonds is 4. The van der Waals surface area contributed by atoms with Gasteiger partial charge in [0.2, 0.25) is 5.16 Å². The molecule has 1 heterocycles. The van der Waals surface area contributed by atoms with Gasteiger partial charge >= 0.3 is 5.97 Å². The van der Waals surface area contributed by atoms with E-state index in [2.05, 4.69) is 15.2 Å². The Bertz CT molecular complexity index is 287. The van der Waals surface area contributed by atoms with Gasteiger partial charge in [-0.05, 0) is 13.8 Å². The molecule has 0 saturated heterocycles. The molecule has 6 heteroatoms. The maximum absolute atomic E-state index is 10.9. The van der Waals surface area contributed by atoms with Gasteiger partial charge in [-0.15, -0.1) is 5.10 Å². The number of aryl methyl sites for hydroxylation is 1. The Labute approximate surface area is 80.3 Å². The van der Waals surface area contributed by atoms with Crippen LogP contribution in [0.15, 0.2) is 5.16 Å². The lowest BCUT2D eigenvalue weighted by Gasteiger charge is -1.97. The number of esters is 1. The highest BCUT2D eigenvalue weighted by Gasteiger charge is 2.05. The highest BCUT2D eigenvalue weighted by atomic mass is 32.2. The normalized spacial score (nSPS) is 10.0. The van der Waals surface area contributed by atoms with Gasteiger partial charge in [0.25, 0.3) is 0 Å². The fourth-order valence-electron chi connectivity index (χ4n) is 0.713. The summed E-state index contributed by atoms with van der Waals surface area (Å²) < 4.78 is 4.74. The molecule has 0 unspecified atom stereocenters. The van der Waals surface area contributed by atoms with Crippen LogP contribution in [0.5, 0.6) is 0 Å². The van der Waals surface area contributed by atoms with Crippen molar-refractivity contribution in [1.82, 2.24) is 15.2 Å². The molecule has 0 bridgehead atoms. The lowest BCUT2D eigenvalue weighted by Crippen LogP contribution is -2.06. The average molecular weight is 201 g/mol. The standard InChI is InChI=1S/C7H11N3O2S/c1-3-12-6(11)4-13-7-8-5(2)9-10-7/h3-4H2,1-2H3,(H,8,9,10). The summed E-state index contributed by atoms with van der Waals surface area (Å²) in [7, 11) is 0. The van der Waals surface area contributed by atoms with Crippen molar-refractivity contribution in [3.05, 3.63) is 5.82 Å². The van der Waals surface area contributed by atoms with Crippen molar-refractivity contribution in [2.75, 3.05) is 12.4 Å². The number of nitrogens with zero attached hydrogens (tertiary/aromatic N) is 2. The third kappa shape index (κ3) is 3.45. The highest BCUT2D eigenvalue weighted by molar-refractivity contribution is 7.99. The zero-order chi connectivity index (χ0) is 9.68. The van der Waals surface area contributed by atoms with Gasteiger partial charge in [-0.3, -0.25) is 9.89 Å². The van der Waals surface area contributed by atoms with E-state index in [0.29, 0.717) is 11.8 Å². The Morgan fingerprint density at radius 2 is 2.46 bits per heavy atom. The molecule has 13 heavy (non-hydrogen) atoms. The number of aromatic nitrogens is 3. The molecule has 0 aromatic carbocycles. The Morgan fingerprint density at radius 3 is 3.00 bits per heavy atom. The number of H-pyrrole nitrogens is 1. The third-order valence-electron chi connectivity index (χ3n) is 1.20. The van der Waals surface area contributed by atoms with Gasteiger partial charge in [0.1, 0.15) is 5.82 Å². The van der Waals surface area contributed by atoms with Gasteiger partial charge < -0.3 is 4.74 Å². The topological polar surface area (TPSA) is 67.9 Å². The monoisotopic (exact) mass is 201 g/mol. The molecule has 5 nitrogen and oxygen atoms in total. The van der Waals surface area contributed by atoms with Crippen LogP contribution >= 0.6 is 11.8 Å². The molecule has 0 amide bonds. The van der Waals surface area contributed by atoms with E-state index in [1.807, 2.05) is 0 Å². The molecule has 1 N–H and O–H groups in total. The number of carbonyl (C=O) groups is 1. The SMILES string of the molecule is CCOC(=O)CSc1n[nH]c(C)n1. The number of carbonyl (C=O) groups excluding carboxylic acids is 1. The number of hydrogen-bond acceptors (Lipinski definition) is 5. The Balaban J connectivity index is 2.30. The van der Waals surface area contributed by atoms with Crippen LogP contribution < -0.4 is 0 Å². The first kappa shape index (κ1) is 10.0. The van der Waals surface area contributed by atoms with Crippen LogP contribution in [-0.2, 0) is 9.53 Å². The zero-order valence-corrected chi connectivity index (χ0v) is 8.35. The molecule has 1 aromatic heterocycles. The fraction of sp³-hybridized carbons (Fsp3) is 0.571. The number of thioether (sulfide) groups is 1. The van der Waals surface area contributed by atoms with Crippen LogP contribution in [0, 0.1) is 6.92 Å². The van der Waals surface area contributed by atoms with Crippen molar-refractivity contribution in [3.8, 4) is 0 Å². The van der Waals surface area contributed by atoms with Crippen molar-refractivity contribution in [2.24, 2.45) is 0 Å². The van der Waals surface area contributed by atoms with Crippen LogP contribution in [-0.4, -0.2) is 33.5 Å². The van der Waals surface area contributed by atoms with E-state index in [1.165, 1.54) is 11.8 Å². The molecular weight excluding hydrogens is 190 g/mol. The molecule has 0 aliphatic heterocycles. The van der Waals surface area contributed by atoms with Crippen LogP contribution in [0.4, 0.5) is 0 Å². The van der Waals surface area contributed by atoms with E-state index in [4.69, 9.17) is 4.74 Å². The summed E-state index contributed by atoms with van der Waals surface area (Å²) in [5, 5.41) is 7.13. The van der Waals surface area contributed by atoms with Gasteiger partial charge in [-0.25, -0.2) is 4.98 Å².